The molecule has 0 aliphatic rings. The van der Waals surface area contributed by atoms with Crippen LogP contribution in [-0.2, 0) is 6.54 Å². The van der Waals surface area contributed by atoms with Crippen molar-refractivity contribution < 1.29 is 9.32 Å². The van der Waals surface area contributed by atoms with Gasteiger partial charge in [-0.3, -0.25) is 9.59 Å². The van der Waals surface area contributed by atoms with Gasteiger partial charge in [0.05, 0.1) is 6.54 Å². The number of aromatic amines is 1. The van der Waals surface area contributed by atoms with Crippen molar-refractivity contribution in [3.05, 3.63) is 51.8 Å². The van der Waals surface area contributed by atoms with Crippen LogP contribution in [0.3, 0.4) is 0 Å². The Kier molecular flexibility index (Phi) is 3.27. The van der Waals surface area contributed by atoms with E-state index in [-0.39, 0.29) is 17.2 Å². The molecule has 2 aromatic rings. The number of carbonyl (C=O) groups is 1. The van der Waals surface area contributed by atoms with Gasteiger partial charge in [0.1, 0.15) is 17.1 Å². The van der Waals surface area contributed by atoms with Crippen LogP contribution in [0.2, 0.25) is 0 Å². The Morgan fingerprint density at radius 2 is 2.28 bits per heavy atom. The Morgan fingerprint density at radius 3 is 2.89 bits per heavy atom. The monoisotopic (exact) mass is 247 g/mol. The number of nitrogens with zero attached hydrogens (tertiary/aromatic N) is 2. The Morgan fingerprint density at radius 1 is 1.50 bits per heavy atom. The van der Waals surface area contributed by atoms with E-state index in [0.29, 0.717) is 18.0 Å². The standard InChI is InChI=1S/C12H13N3O3/c1-8-6-9(14-18-8)7-15(2)12(17)10-4-3-5-11(16)13-10/h3-6H,7H2,1-2H3,(H,13,16). The zero-order chi connectivity index (χ0) is 13.1. The molecule has 0 unspecified atom stereocenters. The maximum atomic E-state index is 12.0. The molecule has 0 spiro atoms. The minimum Gasteiger partial charge on any atom is -0.361 e. The second-order valence-corrected chi connectivity index (χ2v) is 4.02. The van der Waals surface area contributed by atoms with Crippen LogP contribution < -0.4 is 5.56 Å². The van der Waals surface area contributed by atoms with Crippen LogP contribution in [-0.4, -0.2) is 28.0 Å². The summed E-state index contributed by atoms with van der Waals surface area (Å²) in [6.07, 6.45) is 0. The zero-order valence-electron chi connectivity index (χ0n) is 10.1. The number of nitrogens with one attached hydrogen (secondary N) is 1. The molecule has 1 N–H and O–H groups in total. The molecule has 0 bridgehead atoms. The summed E-state index contributed by atoms with van der Waals surface area (Å²) >= 11 is 0. The highest BCUT2D eigenvalue weighted by Gasteiger charge is 2.14. The Labute approximate surface area is 103 Å². The lowest BCUT2D eigenvalue weighted by molar-refractivity contribution is 0.0776. The van der Waals surface area contributed by atoms with Crippen molar-refractivity contribution >= 4 is 5.91 Å². The summed E-state index contributed by atoms with van der Waals surface area (Å²) in [5.74, 6) is 0.423. The maximum Gasteiger partial charge on any atom is 0.270 e. The molecule has 0 atom stereocenters. The molecular weight excluding hydrogens is 234 g/mol. The fourth-order valence-corrected chi connectivity index (χ4v) is 1.59. The molecule has 2 rings (SSSR count). The first-order valence-corrected chi connectivity index (χ1v) is 5.43. The summed E-state index contributed by atoms with van der Waals surface area (Å²) in [4.78, 5) is 27.1. The lowest BCUT2D eigenvalue weighted by Crippen LogP contribution is -2.28. The predicted molar refractivity (Wildman–Crippen MR) is 64.1 cm³/mol. The lowest BCUT2D eigenvalue weighted by Gasteiger charge is -2.14. The topological polar surface area (TPSA) is 79.2 Å². The van der Waals surface area contributed by atoms with E-state index in [0.717, 1.165) is 0 Å². The highest BCUT2D eigenvalue weighted by molar-refractivity contribution is 5.91. The molecule has 6 heteroatoms. The molecule has 0 radical (unpaired) electrons. The number of hydrogen-bond donors (Lipinski definition) is 1. The Balaban J connectivity index is 2.11. The first-order valence-electron chi connectivity index (χ1n) is 5.43. The first-order chi connectivity index (χ1) is 8.56. The van der Waals surface area contributed by atoms with E-state index in [1.165, 1.54) is 11.0 Å². The number of carbonyl (C=O) groups excluding carboxylic acids is 1. The summed E-state index contributed by atoms with van der Waals surface area (Å²) in [7, 11) is 1.64. The molecule has 0 saturated heterocycles. The van der Waals surface area contributed by atoms with Crippen LogP contribution in [0.15, 0.2) is 33.6 Å². The molecule has 0 aliphatic carbocycles. The largest absolute Gasteiger partial charge is 0.361 e. The highest BCUT2D eigenvalue weighted by Crippen LogP contribution is 2.06. The third-order valence-electron chi connectivity index (χ3n) is 2.42. The summed E-state index contributed by atoms with van der Waals surface area (Å²) in [5.41, 5.74) is 0.623. The maximum absolute atomic E-state index is 12.0. The van der Waals surface area contributed by atoms with Gasteiger partial charge in [-0.2, -0.15) is 0 Å². The predicted octanol–water partition coefficient (Wildman–Crippen LogP) is 0.944. The van der Waals surface area contributed by atoms with Crippen molar-refractivity contribution in [2.45, 2.75) is 13.5 Å². The van der Waals surface area contributed by atoms with Gasteiger partial charge in [-0.15, -0.1) is 0 Å². The number of aryl methyl sites for hydroxylation is 1. The number of rotatable bonds is 3. The van der Waals surface area contributed by atoms with E-state index >= 15 is 0 Å². The third kappa shape index (κ3) is 2.65. The van der Waals surface area contributed by atoms with Gasteiger partial charge in [-0.1, -0.05) is 11.2 Å². The third-order valence-corrected chi connectivity index (χ3v) is 2.42. The second kappa shape index (κ2) is 4.87. The quantitative estimate of drug-likeness (QED) is 0.875. The fraction of sp³-hybridized carbons (Fsp3) is 0.250. The van der Waals surface area contributed by atoms with Crippen molar-refractivity contribution in [2.75, 3.05) is 7.05 Å². The molecule has 94 valence electrons. The van der Waals surface area contributed by atoms with Gasteiger partial charge in [0, 0.05) is 19.2 Å². The molecule has 0 aromatic carbocycles. The Bertz CT molecular complexity index is 615. The molecule has 0 fully saturated rings. The van der Waals surface area contributed by atoms with Crippen molar-refractivity contribution in [1.29, 1.82) is 0 Å². The van der Waals surface area contributed by atoms with Crippen molar-refractivity contribution in [3.63, 3.8) is 0 Å². The van der Waals surface area contributed by atoms with Gasteiger partial charge < -0.3 is 14.4 Å². The first kappa shape index (κ1) is 12.1. The van der Waals surface area contributed by atoms with E-state index in [1.807, 2.05) is 0 Å². The molecule has 0 aliphatic heterocycles. The van der Waals surface area contributed by atoms with Gasteiger partial charge in [-0.05, 0) is 13.0 Å². The van der Waals surface area contributed by atoms with Crippen molar-refractivity contribution in [1.82, 2.24) is 15.0 Å². The van der Waals surface area contributed by atoms with E-state index in [2.05, 4.69) is 10.1 Å². The minimum absolute atomic E-state index is 0.255. The van der Waals surface area contributed by atoms with Gasteiger partial charge in [0.25, 0.3) is 5.91 Å². The Hall–Kier alpha value is -2.37. The van der Waals surface area contributed by atoms with E-state index < -0.39 is 0 Å². The number of amides is 1. The summed E-state index contributed by atoms with van der Waals surface area (Å²) < 4.78 is 4.92. The van der Waals surface area contributed by atoms with Crippen LogP contribution in [0.25, 0.3) is 0 Å². The van der Waals surface area contributed by atoms with Crippen molar-refractivity contribution in [3.8, 4) is 0 Å². The van der Waals surface area contributed by atoms with Gasteiger partial charge in [0.15, 0.2) is 0 Å². The van der Waals surface area contributed by atoms with Gasteiger partial charge >= 0.3 is 0 Å². The van der Waals surface area contributed by atoms with Gasteiger partial charge in [-0.25, -0.2) is 0 Å². The van der Waals surface area contributed by atoms with Crippen LogP contribution >= 0.6 is 0 Å². The smallest absolute Gasteiger partial charge is 0.270 e. The average molecular weight is 247 g/mol. The number of H-pyrrole nitrogens is 1. The molecular formula is C12H13N3O3. The number of aromatic nitrogens is 2. The van der Waals surface area contributed by atoms with E-state index in [4.69, 9.17) is 4.52 Å². The fourth-order valence-electron chi connectivity index (χ4n) is 1.59. The van der Waals surface area contributed by atoms with Crippen LogP contribution in [0, 0.1) is 6.92 Å². The van der Waals surface area contributed by atoms with E-state index in [9.17, 15) is 9.59 Å². The van der Waals surface area contributed by atoms with Gasteiger partial charge in [0.2, 0.25) is 5.56 Å². The normalized spacial score (nSPS) is 10.3. The zero-order valence-corrected chi connectivity index (χ0v) is 10.1. The SMILES string of the molecule is Cc1cc(CN(C)C(=O)c2cccc(=O)[nH]2)no1. The summed E-state index contributed by atoms with van der Waals surface area (Å²) in [6, 6.07) is 6.23. The minimum atomic E-state index is -0.300. The van der Waals surface area contributed by atoms with Crippen LogP contribution in [0.4, 0.5) is 0 Å². The molecule has 18 heavy (non-hydrogen) atoms. The van der Waals surface area contributed by atoms with Crippen molar-refractivity contribution in [2.24, 2.45) is 0 Å². The summed E-state index contributed by atoms with van der Waals surface area (Å²) in [6.45, 7) is 2.11. The molecule has 2 heterocycles. The number of hydrogen-bond acceptors (Lipinski definition) is 4. The van der Waals surface area contributed by atoms with E-state index in [1.54, 1.807) is 32.2 Å². The summed E-state index contributed by atoms with van der Waals surface area (Å²) in [5, 5.41) is 3.81. The van der Waals surface area contributed by atoms with Crippen LogP contribution in [0.5, 0.6) is 0 Å². The molecule has 6 nitrogen and oxygen atoms in total. The highest BCUT2D eigenvalue weighted by atomic mass is 16.5. The lowest BCUT2D eigenvalue weighted by atomic mass is 10.3. The molecule has 1 amide bonds. The molecule has 2 aromatic heterocycles. The van der Waals surface area contributed by atoms with Crippen LogP contribution in [0.1, 0.15) is 21.9 Å². The second-order valence-electron chi connectivity index (χ2n) is 4.02. The molecule has 0 saturated carbocycles. The average Bonchev–Trinajstić information content (AvgIpc) is 2.73. The number of pyridine rings is 1.